The van der Waals surface area contributed by atoms with Gasteiger partial charge in [-0.15, -0.1) is 0 Å². The number of aryl methyl sites for hydroxylation is 3. The first-order valence-corrected chi connectivity index (χ1v) is 5.31. The zero-order valence-electron chi connectivity index (χ0n) is 9.30. The van der Waals surface area contributed by atoms with Crippen molar-refractivity contribution < 1.29 is 0 Å². The maximum Gasteiger partial charge on any atom is 0.138 e. The Labute approximate surface area is 94.3 Å². The number of nitrogens with two attached hydrogens (primary N) is 1. The highest BCUT2D eigenvalue weighted by molar-refractivity contribution is 5.28. The summed E-state index contributed by atoms with van der Waals surface area (Å²) in [6.07, 6.45) is 3.47. The number of nitrogens with zero attached hydrogens (tertiary/aromatic N) is 4. The highest BCUT2D eigenvalue weighted by atomic mass is 15.3. The number of hydrogen-bond donors (Lipinski definition) is 1. The van der Waals surface area contributed by atoms with Crippen LogP contribution in [-0.2, 0) is 13.0 Å². The second-order valence-electron chi connectivity index (χ2n) is 3.69. The second-order valence-corrected chi connectivity index (χ2v) is 3.69. The molecule has 5 nitrogen and oxygen atoms in total. The second kappa shape index (κ2) is 4.74. The van der Waals surface area contributed by atoms with Gasteiger partial charge in [0.1, 0.15) is 18.0 Å². The lowest BCUT2D eigenvalue weighted by molar-refractivity contribution is 0.560. The number of anilines is 1. The van der Waals surface area contributed by atoms with E-state index in [-0.39, 0.29) is 0 Å². The van der Waals surface area contributed by atoms with Gasteiger partial charge in [0.25, 0.3) is 0 Å². The van der Waals surface area contributed by atoms with Gasteiger partial charge in [-0.05, 0) is 31.9 Å². The fourth-order valence-electron chi connectivity index (χ4n) is 1.59. The van der Waals surface area contributed by atoms with Gasteiger partial charge in [0, 0.05) is 12.2 Å². The van der Waals surface area contributed by atoms with E-state index in [1.54, 1.807) is 12.4 Å². The molecule has 0 fully saturated rings. The Hall–Kier alpha value is -1.91. The van der Waals surface area contributed by atoms with Crippen molar-refractivity contribution in [3.63, 3.8) is 0 Å². The van der Waals surface area contributed by atoms with Crippen LogP contribution in [-0.4, -0.2) is 19.7 Å². The maximum absolute atomic E-state index is 5.61. The molecule has 0 bridgehead atoms. The van der Waals surface area contributed by atoms with E-state index in [0.29, 0.717) is 5.82 Å². The van der Waals surface area contributed by atoms with Crippen LogP contribution in [0.3, 0.4) is 0 Å². The standard InChI is InChI=1S/C11H15N5/c1-9-13-8-14-16(9)7-3-5-10-4-2-6-11(12)15-10/h2,4,6,8H,3,5,7H2,1H3,(H2,12,15). The van der Waals surface area contributed by atoms with Crippen molar-refractivity contribution in [2.75, 3.05) is 5.73 Å². The molecular formula is C11H15N5. The molecule has 2 rings (SSSR count). The number of aromatic nitrogens is 4. The molecule has 0 saturated carbocycles. The molecule has 16 heavy (non-hydrogen) atoms. The molecule has 2 N–H and O–H groups in total. The van der Waals surface area contributed by atoms with E-state index in [2.05, 4.69) is 15.1 Å². The predicted molar refractivity (Wildman–Crippen MR) is 61.7 cm³/mol. The van der Waals surface area contributed by atoms with E-state index in [4.69, 9.17) is 5.73 Å². The van der Waals surface area contributed by atoms with Crippen molar-refractivity contribution in [2.24, 2.45) is 0 Å². The van der Waals surface area contributed by atoms with Gasteiger partial charge in [-0.2, -0.15) is 5.10 Å². The highest BCUT2D eigenvalue weighted by Gasteiger charge is 1.99. The molecule has 0 atom stereocenters. The highest BCUT2D eigenvalue weighted by Crippen LogP contribution is 2.04. The molecule has 2 heterocycles. The van der Waals surface area contributed by atoms with Gasteiger partial charge in [-0.1, -0.05) is 6.07 Å². The van der Waals surface area contributed by atoms with E-state index >= 15 is 0 Å². The van der Waals surface area contributed by atoms with Crippen LogP contribution in [0.4, 0.5) is 5.82 Å². The van der Waals surface area contributed by atoms with Crippen molar-refractivity contribution in [2.45, 2.75) is 26.3 Å². The first-order valence-electron chi connectivity index (χ1n) is 5.31. The smallest absolute Gasteiger partial charge is 0.138 e. The Kier molecular flexibility index (Phi) is 3.14. The third kappa shape index (κ3) is 2.56. The van der Waals surface area contributed by atoms with Crippen molar-refractivity contribution >= 4 is 5.82 Å². The molecule has 0 aliphatic heterocycles. The number of pyridine rings is 1. The first kappa shape index (κ1) is 10.6. The quantitative estimate of drug-likeness (QED) is 0.835. The van der Waals surface area contributed by atoms with Gasteiger partial charge in [-0.3, -0.25) is 4.68 Å². The monoisotopic (exact) mass is 217 g/mol. The number of hydrogen-bond acceptors (Lipinski definition) is 4. The van der Waals surface area contributed by atoms with E-state index in [9.17, 15) is 0 Å². The largest absolute Gasteiger partial charge is 0.384 e. The van der Waals surface area contributed by atoms with Gasteiger partial charge >= 0.3 is 0 Å². The summed E-state index contributed by atoms with van der Waals surface area (Å²) in [6.45, 7) is 2.81. The molecule has 84 valence electrons. The lowest BCUT2D eigenvalue weighted by Gasteiger charge is -2.03. The normalized spacial score (nSPS) is 10.6. The molecule has 0 unspecified atom stereocenters. The molecule has 2 aromatic heterocycles. The van der Waals surface area contributed by atoms with Crippen molar-refractivity contribution in [3.05, 3.63) is 36.0 Å². The van der Waals surface area contributed by atoms with Gasteiger partial charge in [0.2, 0.25) is 0 Å². The Morgan fingerprint density at radius 1 is 1.38 bits per heavy atom. The summed E-state index contributed by atoms with van der Waals surface area (Å²) in [7, 11) is 0. The van der Waals surface area contributed by atoms with Crippen LogP contribution in [0.1, 0.15) is 17.9 Å². The van der Waals surface area contributed by atoms with Gasteiger partial charge < -0.3 is 5.73 Å². The van der Waals surface area contributed by atoms with Crippen molar-refractivity contribution in [1.29, 1.82) is 0 Å². The molecule has 0 amide bonds. The van der Waals surface area contributed by atoms with E-state index in [0.717, 1.165) is 30.9 Å². The molecule has 5 heteroatoms. The lowest BCUT2D eigenvalue weighted by Crippen LogP contribution is -2.04. The third-order valence-electron chi connectivity index (χ3n) is 2.44. The summed E-state index contributed by atoms with van der Waals surface area (Å²) in [5.41, 5.74) is 6.64. The maximum atomic E-state index is 5.61. The van der Waals surface area contributed by atoms with Crippen LogP contribution >= 0.6 is 0 Å². The lowest BCUT2D eigenvalue weighted by atomic mass is 10.2. The summed E-state index contributed by atoms with van der Waals surface area (Å²) in [5, 5.41) is 4.12. The van der Waals surface area contributed by atoms with Crippen LogP contribution in [0.2, 0.25) is 0 Å². The minimum absolute atomic E-state index is 0.578. The third-order valence-corrected chi connectivity index (χ3v) is 2.44. The summed E-state index contributed by atoms with van der Waals surface area (Å²) in [4.78, 5) is 8.32. The topological polar surface area (TPSA) is 69.6 Å². The Morgan fingerprint density at radius 3 is 2.94 bits per heavy atom. The molecule has 0 radical (unpaired) electrons. The molecule has 2 aromatic rings. The molecular weight excluding hydrogens is 202 g/mol. The zero-order chi connectivity index (χ0) is 11.4. The summed E-state index contributed by atoms with van der Waals surface area (Å²) < 4.78 is 1.90. The van der Waals surface area contributed by atoms with Crippen LogP contribution in [0, 0.1) is 6.92 Å². The van der Waals surface area contributed by atoms with E-state index in [1.165, 1.54) is 0 Å². The molecule has 0 aromatic carbocycles. The minimum Gasteiger partial charge on any atom is -0.384 e. The van der Waals surface area contributed by atoms with Crippen molar-refractivity contribution in [1.82, 2.24) is 19.7 Å². The Bertz CT molecular complexity index is 463. The van der Waals surface area contributed by atoms with Crippen LogP contribution in [0.5, 0.6) is 0 Å². The van der Waals surface area contributed by atoms with Crippen LogP contribution in [0.15, 0.2) is 24.5 Å². The van der Waals surface area contributed by atoms with Gasteiger partial charge in [0.05, 0.1) is 0 Å². The molecule has 0 aliphatic rings. The number of rotatable bonds is 4. The fraction of sp³-hybridized carbons (Fsp3) is 0.364. The predicted octanol–water partition coefficient (Wildman–Crippen LogP) is 1.20. The number of nitrogen functional groups attached to an aromatic ring is 1. The van der Waals surface area contributed by atoms with Crippen molar-refractivity contribution in [3.8, 4) is 0 Å². The first-order chi connectivity index (χ1) is 7.75. The summed E-state index contributed by atoms with van der Waals surface area (Å²) >= 11 is 0. The molecule has 0 saturated heterocycles. The zero-order valence-corrected chi connectivity index (χ0v) is 9.30. The Balaban J connectivity index is 1.87. The fourth-order valence-corrected chi connectivity index (χ4v) is 1.59. The summed E-state index contributed by atoms with van der Waals surface area (Å²) in [6, 6.07) is 5.72. The van der Waals surface area contributed by atoms with Gasteiger partial charge in [0.15, 0.2) is 0 Å². The molecule has 0 aliphatic carbocycles. The minimum atomic E-state index is 0.578. The van der Waals surface area contributed by atoms with E-state index in [1.807, 2.05) is 23.7 Å². The summed E-state index contributed by atoms with van der Waals surface area (Å²) in [5.74, 6) is 1.52. The van der Waals surface area contributed by atoms with Gasteiger partial charge in [-0.25, -0.2) is 9.97 Å². The Morgan fingerprint density at radius 2 is 2.25 bits per heavy atom. The van der Waals surface area contributed by atoms with Crippen LogP contribution < -0.4 is 5.73 Å². The average molecular weight is 217 g/mol. The molecule has 0 spiro atoms. The van der Waals surface area contributed by atoms with E-state index < -0.39 is 0 Å². The average Bonchev–Trinajstić information content (AvgIpc) is 2.65. The van der Waals surface area contributed by atoms with Crippen LogP contribution in [0.25, 0.3) is 0 Å². The SMILES string of the molecule is Cc1ncnn1CCCc1cccc(N)n1.